The summed E-state index contributed by atoms with van der Waals surface area (Å²) in [7, 11) is 6.27. The number of ether oxygens (including phenoxy) is 2. The average molecular weight is 295 g/mol. The molecule has 1 aromatic carbocycles. The van der Waals surface area contributed by atoms with Crippen molar-refractivity contribution in [1.82, 2.24) is 15.5 Å². The summed E-state index contributed by atoms with van der Waals surface area (Å²) in [5, 5.41) is 5.37. The summed E-state index contributed by atoms with van der Waals surface area (Å²) in [5.74, 6) is 0.553. The van der Waals surface area contributed by atoms with Crippen molar-refractivity contribution in [2.75, 3.05) is 41.4 Å². The van der Waals surface area contributed by atoms with E-state index in [2.05, 4.69) is 10.6 Å². The molecular formula is C14H21N3O4. The predicted octanol–water partition coefficient (Wildman–Crippen LogP) is 0.705. The van der Waals surface area contributed by atoms with Gasteiger partial charge >= 0.3 is 6.03 Å². The number of carbonyl (C=O) groups excluding carboxylic acids is 2. The summed E-state index contributed by atoms with van der Waals surface area (Å²) in [6.45, 7) is 0.639. The van der Waals surface area contributed by atoms with Crippen LogP contribution in [0, 0.1) is 0 Å². The Kier molecular flexibility index (Phi) is 6.32. The van der Waals surface area contributed by atoms with Gasteiger partial charge in [-0.05, 0) is 12.1 Å². The van der Waals surface area contributed by atoms with Crippen molar-refractivity contribution in [3.63, 3.8) is 0 Å². The van der Waals surface area contributed by atoms with E-state index >= 15 is 0 Å². The van der Waals surface area contributed by atoms with Crippen molar-refractivity contribution < 1.29 is 19.1 Å². The Bertz CT molecular complexity index is 481. The maximum Gasteiger partial charge on any atom is 0.316 e. The van der Waals surface area contributed by atoms with Gasteiger partial charge in [0.2, 0.25) is 0 Å². The van der Waals surface area contributed by atoms with Gasteiger partial charge in [0, 0.05) is 27.2 Å². The largest absolute Gasteiger partial charge is 0.496 e. The molecule has 21 heavy (non-hydrogen) atoms. The summed E-state index contributed by atoms with van der Waals surface area (Å²) >= 11 is 0. The maximum absolute atomic E-state index is 12.2. The molecule has 0 saturated carbocycles. The first-order valence-electron chi connectivity index (χ1n) is 6.45. The Morgan fingerprint density at radius 2 is 1.57 bits per heavy atom. The third kappa shape index (κ3) is 4.55. The molecule has 0 bridgehead atoms. The van der Waals surface area contributed by atoms with Gasteiger partial charge in [-0.25, -0.2) is 4.79 Å². The zero-order chi connectivity index (χ0) is 15.8. The molecule has 1 aromatic rings. The summed E-state index contributed by atoms with van der Waals surface area (Å²) < 4.78 is 10.3. The molecule has 7 nitrogen and oxygen atoms in total. The number of hydrogen-bond donors (Lipinski definition) is 2. The molecule has 0 spiro atoms. The lowest BCUT2D eigenvalue weighted by atomic mass is 10.1. The van der Waals surface area contributed by atoms with Crippen molar-refractivity contribution in [3.05, 3.63) is 23.8 Å². The lowest BCUT2D eigenvalue weighted by molar-refractivity contribution is 0.0947. The van der Waals surface area contributed by atoms with Crippen LogP contribution in [0.5, 0.6) is 11.5 Å². The second-order valence-corrected chi connectivity index (χ2v) is 4.42. The SMILES string of the molecule is COc1cccc(OC)c1C(=O)NCCNC(=O)N(C)C. The molecule has 0 aliphatic carbocycles. The van der Waals surface area contributed by atoms with Crippen LogP contribution >= 0.6 is 0 Å². The number of amides is 3. The first-order valence-corrected chi connectivity index (χ1v) is 6.45. The highest BCUT2D eigenvalue weighted by Crippen LogP contribution is 2.27. The van der Waals surface area contributed by atoms with E-state index in [1.54, 1.807) is 32.3 Å². The summed E-state index contributed by atoms with van der Waals surface area (Å²) in [5.41, 5.74) is 0.335. The van der Waals surface area contributed by atoms with E-state index < -0.39 is 0 Å². The van der Waals surface area contributed by atoms with Gasteiger partial charge in [0.1, 0.15) is 17.1 Å². The van der Waals surface area contributed by atoms with Gasteiger partial charge < -0.3 is 25.0 Å². The van der Waals surface area contributed by atoms with Gasteiger partial charge in [-0.1, -0.05) is 6.07 Å². The average Bonchev–Trinajstić information content (AvgIpc) is 2.49. The Morgan fingerprint density at radius 1 is 1.05 bits per heavy atom. The van der Waals surface area contributed by atoms with Crippen molar-refractivity contribution in [2.45, 2.75) is 0 Å². The van der Waals surface area contributed by atoms with E-state index in [-0.39, 0.29) is 11.9 Å². The maximum atomic E-state index is 12.2. The van der Waals surface area contributed by atoms with Gasteiger partial charge in [-0.2, -0.15) is 0 Å². The molecule has 0 saturated heterocycles. The second kappa shape index (κ2) is 7.98. The van der Waals surface area contributed by atoms with Crippen LogP contribution in [0.3, 0.4) is 0 Å². The zero-order valence-corrected chi connectivity index (χ0v) is 12.7. The minimum atomic E-state index is -0.316. The molecule has 0 aromatic heterocycles. The molecule has 2 N–H and O–H groups in total. The van der Waals surface area contributed by atoms with E-state index in [0.717, 1.165) is 0 Å². The highest BCUT2D eigenvalue weighted by Gasteiger charge is 2.17. The number of hydrogen-bond acceptors (Lipinski definition) is 4. The molecule has 1 rings (SSSR count). The molecule has 0 atom stereocenters. The van der Waals surface area contributed by atoms with Gasteiger partial charge in [-0.3, -0.25) is 4.79 Å². The summed E-state index contributed by atoms with van der Waals surface area (Å²) in [6, 6.07) is 4.90. The smallest absolute Gasteiger partial charge is 0.316 e. The Balaban J connectivity index is 2.62. The van der Waals surface area contributed by atoms with Gasteiger partial charge in [0.05, 0.1) is 14.2 Å². The van der Waals surface area contributed by atoms with E-state index in [4.69, 9.17) is 9.47 Å². The van der Waals surface area contributed by atoms with Crippen LogP contribution in [0.15, 0.2) is 18.2 Å². The Labute approximate surface area is 124 Å². The number of rotatable bonds is 6. The monoisotopic (exact) mass is 295 g/mol. The lowest BCUT2D eigenvalue weighted by Gasteiger charge is -2.14. The minimum Gasteiger partial charge on any atom is -0.496 e. The first-order chi connectivity index (χ1) is 10.0. The predicted molar refractivity (Wildman–Crippen MR) is 79.0 cm³/mol. The molecule has 0 aliphatic rings. The van der Waals surface area contributed by atoms with Gasteiger partial charge in [0.25, 0.3) is 5.91 Å². The molecule has 0 aliphatic heterocycles. The highest BCUT2D eigenvalue weighted by atomic mass is 16.5. The third-order valence-electron chi connectivity index (χ3n) is 2.75. The van der Waals surface area contributed by atoms with Crippen LogP contribution in [0.4, 0.5) is 4.79 Å². The van der Waals surface area contributed by atoms with E-state index in [0.29, 0.717) is 30.2 Å². The van der Waals surface area contributed by atoms with E-state index in [1.807, 2.05) is 0 Å². The number of nitrogens with zero attached hydrogens (tertiary/aromatic N) is 1. The van der Waals surface area contributed by atoms with Crippen LogP contribution in [0.2, 0.25) is 0 Å². The third-order valence-corrected chi connectivity index (χ3v) is 2.75. The number of urea groups is 1. The molecule has 0 unspecified atom stereocenters. The van der Waals surface area contributed by atoms with Crippen molar-refractivity contribution in [1.29, 1.82) is 0 Å². The Hall–Kier alpha value is -2.44. The summed E-state index contributed by atoms with van der Waals surface area (Å²) in [4.78, 5) is 24.9. The minimum absolute atomic E-state index is 0.209. The number of methoxy groups -OCH3 is 2. The molecule has 3 amide bonds. The molecular weight excluding hydrogens is 274 g/mol. The van der Waals surface area contributed by atoms with Gasteiger partial charge in [-0.15, -0.1) is 0 Å². The quantitative estimate of drug-likeness (QED) is 0.757. The normalized spacial score (nSPS) is 9.71. The van der Waals surface area contributed by atoms with Crippen molar-refractivity contribution in [2.24, 2.45) is 0 Å². The number of nitrogens with one attached hydrogen (secondary N) is 2. The van der Waals surface area contributed by atoms with Crippen LogP contribution in [0.25, 0.3) is 0 Å². The molecule has 7 heteroatoms. The second-order valence-electron chi connectivity index (χ2n) is 4.42. The zero-order valence-electron chi connectivity index (χ0n) is 12.7. The van der Waals surface area contributed by atoms with Gasteiger partial charge in [0.15, 0.2) is 0 Å². The fourth-order valence-corrected chi connectivity index (χ4v) is 1.67. The lowest BCUT2D eigenvalue weighted by Crippen LogP contribution is -2.39. The van der Waals surface area contributed by atoms with E-state index in [9.17, 15) is 9.59 Å². The van der Waals surface area contributed by atoms with Crippen molar-refractivity contribution in [3.8, 4) is 11.5 Å². The summed E-state index contributed by atoms with van der Waals surface area (Å²) in [6.07, 6.45) is 0. The van der Waals surface area contributed by atoms with Crippen LogP contribution in [-0.2, 0) is 0 Å². The first kappa shape index (κ1) is 16.6. The fourth-order valence-electron chi connectivity index (χ4n) is 1.67. The standard InChI is InChI=1S/C14H21N3O4/c1-17(2)14(19)16-9-8-15-13(18)12-10(20-3)6-5-7-11(12)21-4/h5-7H,8-9H2,1-4H3,(H,15,18)(H,16,19). The fraction of sp³-hybridized carbons (Fsp3) is 0.429. The van der Waals surface area contributed by atoms with Crippen LogP contribution in [-0.4, -0.2) is 58.2 Å². The van der Waals surface area contributed by atoms with Crippen molar-refractivity contribution >= 4 is 11.9 Å². The van der Waals surface area contributed by atoms with Crippen LogP contribution < -0.4 is 20.1 Å². The number of carbonyl (C=O) groups is 2. The molecule has 0 heterocycles. The van der Waals surface area contributed by atoms with E-state index in [1.165, 1.54) is 19.1 Å². The Morgan fingerprint density at radius 3 is 2.05 bits per heavy atom. The highest BCUT2D eigenvalue weighted by molar-refractivity contribution is 5.99. The molecule has 116 valence electrons. The topological polar surface area (TPSA) is 79.9 Å². The molecule has 0 radical (unpaired) electrons. The molecule has 0 fully saturated rings. The van der Waals surface area contributed by atoms with Crippen LogP contribution in [0.1, 0.15) is 10.4 Å². The number of benzene rings is 1.